The van der Waals surface area contributed by atoms with Crippen LogP contribution in [0.1, 0.15) is 0 Å². The Balaban J connectivity index is 3.17. The molecule has 0 amide bonds. The molecule has 1 aromatic carbocycles. The summed E-state index contributed by atoms with van der Waals surface area (Å²) in [6.45, 7) is 0. The molecule has 0 spiro atoms. The molecule has 3 heteroatoms. The summed E-state index contributed by atoms with van der Waals surface area (Å²) in [6.07, 6.45) is 0. The van der Waals surface area contributed by atoms with Crippen LogP contribution in [0.3, 0.4) is 0 Å². The van der Waals surface area contributed by atoms with Crippen molar-refractivity contribution in [3.8, 4) is 0 Å². The smallest absolute Gasteiger partial charge is 0.113 e. The lowest BCUT2D eigenvalue weighted by atomic mass is 9.96. The van der Waals surface area contributed by atoms with Crippen LogP contribution in [-0.4, -0.2) is 7.85 Å². The van der Waals surface area contributed by atoms with Gasteiger partial charge in [0.2, 0.25) is 0 Å². The molecule has 1 aromatic rings. The molecular formula is C6H5BClN. The predicted octanol–water partition coefficient (Wildman–Crippen LogP) is 0.716. The van der Waals surface area contributed by atoms with Crippen molar-refractivity contribution in [2.24, 2.45) is 0 Å². The zero-order chi connectivity index (χ0) is 6.85. The van der Waals surface area contributed by atoms with E-state index in [1.165, 1.54) is 0 Å². The molecule has 0 heterocycles. The van der Waals surface area contributed by atoms with Gasteiger partial charge in [-0.05, 0) is 12.1 Å². The van der Waals surface area contributed by atoms with Gasteiger partial charge in [-0.2, -0.15) is 0 Å². The topological polar surface area (TPSA) is 26.0 Å². The molecule has 0 fully saturated rings. The van der Waals surface area contributed by atoms with E-state index in [0.29, 0.717) is 16.2 Å². The van der Waals surface area contributed by atoms with Gasteiger partial charge in [-0.15, -0.1) is 0 Å². The first kappa shape index (κ1) is 6.49. The van der Waals surface area contributed by atoms with Crippen LogP contribution in [0.2, 0.25) is 5.02 Å². The Morgan fingerprint density at radius 1 is 1.33 bits per heavy atom. The maximum absolute atomic E-state index is 5.59. The van der Waals surface area contributed by atoms with Crippen LogP contribution in [-0.2, 0) is 0 Å². The molecule has 2 N–H and O–H groups in total. The van der Waals surface area contributed by atoms with E-state index in [1.807, 2.05) is 0 Å². The van der Waals surface area contributed by atoms with Crippen LogP contribution in [0, 0.1) is 0 Å². The highest BCUT2D eigenvalue weighted by atomic mass is 35.5. The number of nitrogen functional groups attached to an aromatic ring is 1. The molecule has 1 nitrogen and oxygen atoms in total. The van der Waals surface area contributed by atoms with E-state index in [4.69, 9.17) is 25.2 Å². The summed E-state index contributed by atoms with van der Waals surface area (Å²) < 4.78 is 0. The van der Waals surface area contributed by atoms with Gasteiger partial charge in [0, 0.05) is 10.7 Å². The van der Waals surface area contributed by atoms with Crippen LogP contribution in [0.5, 0.6) is 0 Å². The van der Waals surface area contributed by atoms with E-state index in [-0.39, 0.29) is 0 Å². The SMILES string of the molecule is [B]c1cc(N)cc(Cl)c1. The van der Waals surface area contributed by atoms with Crippen LogP contribution in [0.4, 0.5) is 5.69 Å². The molecule has 0 saturated carbocycles. The van der Waals surface area contributed by atoms with Gasteiger partial charge >= 0.3 is 0 Å². The summed E-state index contributed by atoms with van der Waals surface area (Å²) in [5, 5.41) is 0.576. The third-order valence-corrected chi connectivity index (χ3v) is 1.16. The van der Waals surface area contributed by atoms with Crippen LogP contribution in [0.25, 0.3) is 0 Å². The first-order valence-corrected chi connectivity index (χ1v) is 2.88. The normalized spacial score (nSPS) is 9.44. The van der Waals surface area contributed by atoms with E-state index in [0.717, 1.165) is 0 Å². The Morgan fingerprint density at radius 2 is 2.00 bits per heavy atom. The molecular weight excluding hydrogens is 132 g/mol. The fourth-order valence-electron chi connectivity index (χ4n) is 0.636. The van der Waals surface area contributed by atoms with Gasteiger partial charge in [-0.3, -0.25) is 0 Å². The predicted molar refractivity (Wildman–Crippen MR) is 41.3 cm³/mol. The Kier molecular flexibility index (Phi) is 1.67. The van der Waals surface area contributed by atoms with E-state index in [2.05, 4.69) is 0 Å². The second kappa shape index (κ2) is 2.32. The molecule has 0 aliphatic carbocycles. The van der Waals surface area contributed by atoms with Crippen molar-refractivity contribution >= 4 is 30.6 Å². The maximum Gasteiger partial charge on any atom is 0.113 e. The van der Waals surface area contributed by atoms with Gasteiger partial charge in [0.05, 0.1) is 0 Å². The molecule has 0 aliphatic rings. The highest BCUT2D eigenvalue weighted by Crippen LogP contribution is 2.09. The summed E-state index contributed by atoms with van der Waals surface area (Å²) in [5.41, 5.74) is 6.59. The standard InChI is InChI=1S/C6H5BClN/c7-4-1-5(8)3-6(9)2-4/h1-3H,9H2. The average molecular weight is 137 g/mol. The molecule has 44 valence electrons. The van der Waals surface area contributed by atoms with Crippen molar-refractivity contribution in [3.63, 3.8) is 0 Å². The number of rotatable bonds is 0. The number of hydrogen-bond acceptors (Lipinski definition) is 1. The van der Waals surface area contributed by atoms with Gasteiger partial charge in [-0.1, -0.05) is 23.1 Å². The molecule has 1 rings (SSSR count). The number of benzene rings is 1. The number of halogens is 1. The lowest BCUT2D eigenvalue weighted by Crippen LogP contribution is -2.02. The van der Waals surface area contributed by atoms with Gasteiger partial charge < -0.3 is 5.73 Å². The van der Waals surface area contributed by atoms with Crippen LogP contribution < -0.4 is 11.2 Å². The Bertz CT molecular complexity index is 174. The fraction of sp³-hybridized carbons (Fsp3) is 0. The van der Waals surface area contributed by atoms with E-state index >= 15 is 0 Å². The fourth-order valence-corrected chi connectivity index (χ4v) is 0.888. The van der Waals surface area contributed by atoms with Gasteiger partial charge in [0.15, 0.2) is 0 Å². The highest BCUT2D eigenvalue weighted by molar-refractivity contribution is 6.36. The minimum atomic E-state index is 0.576. The van der Waals surface area contributed by atoms with E-state index < -0.39 is 0 Å². The Labute approximate surface area is 60.2 Å². The molecule has 0 saturated heterocycles. The highest BCUT2D eigenvalue weighted by Gasteiger charge is 1.89. The third-order valence-electron chi connectivity index (χ3n) is 0.942. The second-order valence-electron chi connectivity index (χ2n) is 1.82. The van der Waals surface area contributed by atoms with Crippen LogP contribution >= 0.6 is 11.6 Å². The van der Waals surface area contributed by atoms with Crippen molar-refractivity contribution in [3.05, 3.63) is 23.2 Å². The Hall–Kier alpha value is -0.625. The summed E-state index contributed by atoms with van der Waals surface area (Å²) >= 11 is 5.59. The maximum atomic E-state index is 5.59. The molecule has 9 heavy (non-hydrogen) atoms. The van der Waals surface area contributed by atoms with Crippen molar-refractivity contribution in [1.82, 2.24) is 0 Å². The summed E-state index contributed by atoms with van der Waals surface area (Å²) in [7, 11) is 5.40. The first-order valence-electron chi connectivity index (χ1n) is 2.50. The van der Waals surface area contributed by atoms with Gasteiger partial charge in [0.25, 0.3) is 0 Å². The minimum absolute atomic E-state index is 0.576. The van der Waals surface area contributed by atoms with Crippen molar-refractivity contribution < 1.29 is 0 Å². The summed E-state index contributed by atoms with van der Waals surface area (Å²) in [4.78, 5) is 0. The first-order chi connectivity index (χ1) is 4.18. The minimum Gasteiger partial charge on any atom is -0.399 e. The van der Waals surface area contributed by atoms with Crippen LogP contribution in [0.15, 0.2) is 18.2 Å². The largest absolute Gasteiger partial charge is 0.399 e. The lowest BCUT2D eigenvalue weighted by Gasteiger charge is -1.95. The molecule has 0 atom stereocenters. The zero-order valence-electron chi connectivity index (χ0n) is 4.76. The van der Waals surface area contributed by atoms with Gasteiger partial charge in [0.1, 0.15) is 7.85 Å². The molecule has 0 unspecified atom stereocenters. The summed E-state index contributed by atoms with van der Waals surface area (Å²) in [5.74, 6) is 0. The third kappa shape index (κ3) is 1.65. The van der Waals surface area contributed by atoms with Crippen molar-refractivity contribution in [2.75, 3.05) is 5.73 Å². The summed E-state index contributed by atoms with van der Waals surface area (Å²) in [6, 6.07) is 4.96. The molecule has 0 bridgehead atoms. The number of anilines is 1. The van der Waals surface area contributed by atoms with Crippen molar-refractivity contribution in [2.45, 2.75) is 0 Å². The average Bonchev–Trinajstić information content (AvgIpc) is 1.59. The molecule has 2 radical (unpaired) electrons. The van der Waals surface area contributed by atoms with E-state index in [1.54, 1.807) is 18.2 Å². The lowest BCUT2D eigenvalue weighted by molar-refractivity contribution is 1.73. The second-order valence-corrected chi connectivity index (χ2v) is 2.25. The Morgan fingerprint density at radius 3 is 2.44 bits per heavy atom. The van der Waals surface area contributed by atoms with Gasteiger partial charge in [-0.25, -0.2) is 0 Å². The monoisotopic (exact) mass is 137 g/mol. The quantitative estimate of drug-likeness (QED) is 0.414. The van der Waals surface area contributed by atoms with E-state index in [9.17, 15) is 0 Å². The molecule has 0 aromatic heterocycles. The molecule has 0 aliphatic heterocycles. The number of nitrogens with two attached hydrogens (primary N) is 1. The zero-order valence-corrected chi connectivity index (χ0v) is 5.52. The van der Waals surface area contributed by atoms with Crippen molar-refractivity contribution in [1.29, 1.82) is 0 Å². The number of hydrogen-bond donors (Lipinski definition) is 1.